The van der Waals surface area contributed by atoms with Gasteiger partial charge >= 0.3 is 0 Å². The van der Waals surface area contributed by atoms with Crippen LogP contribution in [0.1, 0.15) is 24.5 Å². The summed E-state index contributed by atoms with van der Waals surface area (Å²) in [6.45, 7) is 4.21. The van der Waals surface area contributed by atoms with Crippen LogP contribution in [0.2, 0.25) is 0 Å². The summed E-state index contributed by atoms with van der Waals surface area (Å²) in [5.41, 5.74) is 3.32. The number of aryl methyl sites for hydroxylation is 1. The van der Waals surface area contributed by atoms with E-state index < -0.39 is 0 Å². The number of aromatic nitrogens is 1. The molecule has 2 heteroatoms. The van der Waals surface area contributed by atoms with Crippen molar-refractivity contribution in [2.24, 2.45) is 0 Å². The summed E-state index contributed by atoms with van der Waals surface area (Å²) in [6.07, 6.45) is 6.48. The number of nitrogens with zero attached hydrogens (tertiary/aromatic N) is 1. The molecule has 0 aliphatic rings. The van der Waals surface area contributed by atoms with E-state index in [0.717, 1.165) is 17.6 Å². The van der Waals surface area contributed by atoms with Crippen molar-refractivity contribution in [3.05, 3.63) is 35.2 Å². The third-order valence-electron chi connectivity index (χ3n) is 2.10. The van der Waals surface area contributed by atoms with Crippen LogP contribution in [-0.4, -0.2) is 16.7 Å². The Bertz CT molecular complexity index is 299. The highest BCUT2D eigenvalue weighted by atomic mass is 16.3. The van der Waals surface area contributed by atoms with Gasteiger partial charge in [0.15, 0.2) is 0 Å². The SMILES string of the molecule is CC/C(=C/c1cnccc1C)CO. The lowest BCUT2D eigenvalue weighted by Gasteiger charge is -2.02. The largest absolute Gasteiger partial charge is 0.392 e. The molecule has 0 saturated carbocycles. The van der Waals surface area contributed by atoms with Crippen molar-refractivity contribution in [3.8, 4) is 0 Å². The predicted octanol–water partition coefficient (Wildman–Crippen LogP) is 2.18. The molecule has 1 rings (SSSR count). The highest BCUT2D eigenvalue weighted by Crippen LogP contribution is 2.11. The highest BCUT2D eigenvalue weighted by molar-refractivity contribution is 5.55. The van der Waals surface area contributed by atoms with Crippen molar-refractivity contribution in [3.63, 3.8) is 0 Å². The van der Waals surface area contributed by atoms with Crippen LogP contribution in [0.4, 0.5) is 0 Å². The molecule has 1 heterocycles. The Morgan fingerprint density at radius 1 is 1.62 bits per heavy atom. The average Bonchev–Trinajstić information content (AvgIpc) is 2.17. The summed E-state index contributed by atoms with van der Waals surface area (Å²) in [6, 6.07) is 1.97. The van der Waals surface area contributed by atoms with E-state index in [9.17, 15) is 0 Å². The molecule has 70 valence electrons. The fraction of sp³-hybridized carbons (Fsp3) is 0.364. The topological polar surface area (TPSA) is 33.1 Å². The summed E-state index contributed by atoms with van der Waals surface area (Å²) in [5, 5.41) is 8.99. The van der Waals surface area contributed by atoms with E-state index in [1.807, 2.05) is 32.2 Å². The van der Waals surface area contributed by atoms with Crippen molar-refractivity contribution in [1.82, 2.24) is 4.98 Å². The third-order valence-corrected chi connectivity index (χ3v) is 2.10. The molecule has 0 aliphatic carbocycles. The Morgan fingerprint density at radius 2 is 2.38 bits per heavy atom. The maximum atomic E-state index is 8.99. The van der Waals surface area contributed by atoms with E-state index in [-0.39, 0.29) is 6.61 Å². The van der Waals surface area contributed by atoms with Gasteiger partial charge in [-0.15, -0.1) is 0 Å². The summed E-state index contributed by atoms with van der Waals surface area (Å²) in [4.78, 5) is 4.04. The standard InChI is InChI=1S/C11H15NO/c1-3-10(8-13)6-11-7-12-5-4-9(11)2/h4-7,13H,3,8H2,1-2H3/b10-6-. The second kappa shape index (κ2) is 4.77. The first-order chi connectivity index (χ1) is 6.27. The fourth-order valence-corrected chi connectivity index (χ4v) is 1.11. The lowest BCUT2D eigenvalue weighted by molar-refractivity contribution is 0.329. The minimum absolute atomic E-state index is 0.130. The number of pyridine rings is 1. The van der Waals surface area contributed by atoms with Gasteiger partial charge < -0.3 is 5.11 Å². The minimum Gasteiger partial charge on any atom is -0.392 e. The first-order valence-corrected chi connectivity index (χ1v) is 4.48. The predicted molar refractivity (Wildman–Crippen MR) is 54.3 cm³/mol. The van der Waals surface area contributed by atoms with Crippen LogP contribution in [0.25, 0.3) is 6.08 Å². The maximum Gasteiger partial charge on any atom is 0.0644 e. The molecule has 0 aromatic carbocycles. The second-order valence-corrected chi connectivity index (χ2v) is 3.05. The first kappa shape index (κ1) is 9.93. The smallest absolute Gasteiger partial charge is 0.0644 e. The molecule has 0 radical (unpaired) electrons. The second-order valence-electron chi connectivity index (χ2n) is 3.05. The summed E-state index contributed by atoms with van der Waals surface area (Å²) >= 11 is 0. The monoisotopic (exact) mass is 177 g/mol. The van der Waals surface area contributed by atoms with Gasteiger partial charge in [-0.1, -0.05) is 13.0 Å². The molecule has 1 aromatic heterocycles. The van der Waals surface area contributed by atoms with E-state index >= 15 is 0 Å². The van der Waals surface area contributed by atoms with Crippen LogP contribution in [0, 0.1) is 6.92 Å². The lowest BCUT2D eigenvalue weighted by Crippen LogP contribution is -1.90. The van der Waals surface area contributed by atoms with Crippen molar-refractivity contribution in [1.29, 1.82) is 0 Å². The van der Waals surface area contributed by atoms with E-state index in [1.165, 1.54) is 5.56 Å². The van der Waals surface area contributed by atoms with Gasteiger partial charge in [0.1, 0.15) is 0 Å². The molecule has 13 heavy (non-hydrogen) atoms. The summed E-state index contributed by atoms with van der Waals surface area (Å²) in [7, 11) is 0. The van der Waals surface area contributed by atoms with Crippen LogP contribution in [0.15, 0.2) is 24.0 Å². The normalized spacial score (nSPS) is 11.8. The van der Waals surface area contributed by atoms with Crippen molar-refractivity contribution >= 4 is 6.08 Å². The van der Waals surface area contributed by atoms with Gasteiger partial charge in [-0.05, 0) is 36.1 Å². The zero-order valence-electron chi connectivity index (χ0n) is 8.12. The number of hydrogen-bond acceptors (Lipinski definition) is 2. The van der Waals surface area contributed by atoms with Crippen LogP contribution in [-0.2, 0) is 0 Å². The quantitative estimate of drug-likeness (QED) is 0.767. The molecular formula is C11H15NO. The molecule has 0 bridgehead atoms. The maximum absolute atomic E-state index is 8.99. The molecule has 0 spiro atoms. The van der Waals surface area contributed by atoms with Gasteiger partial charge in [-0.2, -0.15) is 0 Å². The lowest BCUT2D eigenvalue weighted by atomic mass is 10.1. The number of rotatable bonds is 3. The summed E-state index contributed by atoms with van der Waals surface area (Å²) in [5.74, 6) is 0. The van der Waals surface area contributed by atoms with Gasteiger partial charge in [0.05, 0.1) is 6.61 Å². The Hall–Kier alpha value is -1.15. The fourth-order valence-electron chi connectivity index (χ4n) is 1.11. The van der Waals surface area contributed by atoms with E-state index in [0.29, 0.717) is 0 Å². The number of hydrogen-bond donors (Lipinski definition) is 1. The van der Waals surface area contributed by atoms with Crippen LogP contribution in [0.3, 0.4) is 0 Å². The minimum atomic E-state index is 0.130. The molecule has 0 saturated heterocycles. The Balaban J connectivity index is 2.95. The molecule has 2 nitrogen and oxygen atoms in total. The highest BCUT2D eigenvalue weighted by Gasteiger charge is 1.96. The molecule has 1 aromatic rings. The van der Waals surface area contributed by atoms with Crippen molar-refractivity contribution in [2.45, 2.75) is 20.3 Å². The molecule has 1 N–H and O–H groups in total. The van der Waals surface area contributed by atoms with Crippen LogP contribution in [0.5, 0.6) is 0 Å². The van der Waals surface area contributed by atoms with Crippen molar-refractivity contribution < 1.29 is 5.11 Å². The molecule has 0 atom stereocenters. The Kier molecular flexibility index (Phi) is 3.65. The Labute approximate surface area is 78.9 Å². The zero-order valence-corrected chi connectivity index (χ0v) is 8.12. The Morgan fingerprint density at radius 3 is 2.92 bits per heavy atom. The molecule has 0 amide bonds. The third kappa shape index (κ3) is 2.67. The van der Waals surface area contributed by atoms with Gasteiger partial charge in [0, 0.05) is 12.4 Å². The molecule has 0 fully saturated rings. The first-order valence-electron chi connectivity index (χ1n) is 4.48. The van der Waals surface area contributed by atoms with Gasteiger partial charge in [-0.25, -0.2) is 0 Å². The molecular weight excluding hydrogens is 162 g/mol. The molecule has 0 aliphatic heterocycles. The van der Waals surface area contributed by atoms with Crippen molar-refractivity contribution in [2.75, 3.05) is 6.61 Å². The van der Waals surface area contributed by atoms with Crippen LogP contribution < -0.4 is 0 Å². The van der Waals surface area contributed by atoms with E-state index in [4.69, 9.17) is 5.11 Å². The van der Waals surface area contributed by atoms with Gasteiger partial charge in [0.25, 0.3) is 0 Å². The van der Waals surface area contributed by atoms with Gasteiger partial charge in [-0.3, -0.25) is 4.98 Å². The molecule has 0 unspecified atom stereocenters. The summed E-state index contributed by atoms with van der Waals surface area (Å²) < 4.78 is 0. The zero-order chi connectivity index (χ0) is 9.68. The number of aliphatic hydroxyl groups excluding tert-OH is 1. The van der Waals surface area contributed by atoms with E-state index in [2.05, 4.69) is 4.98 Å². The van der Waals surface area contributed by atoms with Crippen LogP contribution >= 0.6 is 0 Å². The average molecular weight is 177 g/mol. The van der Waals surface area contributed by atoms with Gasteiger partial charge in [0.2, 0.25) is 0 Å². The van der Waals surface area contributed by atoms with E-state index in [1.54, 1.807) is 6.20 Å². The number of aliphatic hydroxyl groups is 1.